The summed E-state index contributed by atoms with van der Waals surface area (Å²) < 4.78 is 24.7. The van der Waals surface area contributed by atoms with Gasteiger partial charge in [-0.1, -0.05) is 90.1 Å². The number of hydrogen-bond donors (Lipinski definition) is 0. The van der Waals surface area contributed by atoms with Gasteiger partial charge in [-0.05, 0) is 22.2 Å². The minimum absolute atomic E-state index is 0.366. The van der Waals surface area contributed by atoms with Crippen LogP contribution in [0.2, 0.25) is 16.6 Å². The van der Waals surface area contributed by atoms with Crippen molar-refractivity contribution in [1.29, 1.82) is 0 Å². The SMILES string of the molecule is COB(OC)c1cccc2c1OCC2(CO[Si](C(C)C)(C(C)C)C(C)C)c1ccccc1. The fourth-order valence-corrected chi connectivity index (χ4v) is 11.3. The van der Waals surface area contributed by atoms with Crippen LogP contribution in [0.25, 0.3) is 0 Å². The van der Waals surface area contributed by atoms with E-state index in [0.717, 1.165) is 16.8 Å². The molecule has 1 aliphatic rings. The van der Waals surface area contributed by atoms with Crippen molar-refractivity contribution in [2.75, 3.05) is 27.4 Å². The largest absolute Gasteiger partial charge is 0.497 e. The molecule has 0 fully saturated rings. The molecule has 1 heterocycles. The minimum Gasteiger partial charge on any atom is -0.492 e. The van der Waals surface area contributed by atoms with Gasteiger partial charge in [0.2, 0.25) is 0 Å². The lowest BCUT2D eigenvalue weighted by Crippen LogP contribution is -2.51. The quantitative estimate of drug-likeness (QED) is 0.442. The summed E-state index contributed by atoms with van der Waals surface area (Å²) in [6.45, 7) is 15.2. The molecule has 2 aromatic carbocycles. The third kappa shape index (κ3) is 4.18. The summed E-state index contributed by atoms with van der Waals surface area (Å²) in [6, 6.07) is 16.9. The van der Waals surface area contributed by atoms with Gasteiger partial charge in [-0.25, -0.2) is 0 Å². The molecule has 1 atom stereocenters. The summed E-state index contributed by atoms with van der Waals surface area (Å²) in [5.74, 6) is 0.861. The Hall–Kier alpha value is -1.60. The molecule has 0 spiro atoms. The zero-order valence-corrected chi connectivity index (χ0v) is 22.0. The van der Waals surface area contributed by atoms with Gasteiger partial charge in [0.15, 0.2) is 8.32 Å². The molecule has 1 aliphatic heterocycles. The van der Waals surface area contributed by atoms with Crippen LogP contribution >= 0.6 is 0 Å². The maximum atomic E-state index is 7.16. The molecule has 6 heteroatoms. The maximum Gasteiger partial charge on any atom is 0.497 e. The fourth-order valence-electron chi connectivity index (χ4n) is 5.85. The molecule has 0 radical (unpaired) electrons. The highest BCUT2D eigenvalue weighted by molar-refractivity contribution is 6.77. The maximum absolute atomic E-state index is 7.16. The predicted octanol–water partition coefficient (Wildman–Crippen LogP) is 5.55. The fraction of sp³-hybridized carbons (Fsp3) is 0.538. The van der Waals surface area contributed by atoms with Gasteiger partial charge in [-0.3, -0.25) is 0 Å². The van der Waals surface area contributed by atoms with Crippen molar-refractivity contribution < 1.29 is 18.5 Å². The third-order valence-electron chi connectivity index (χ3n) is 7.31. The average Bonchev–Trinajstić information content (AvgIpc) is 3.15. The standard InChI is InChI=1S/C26H39BO4Si/c1-19(2)32(20(3)4,21(5)6)31-18-26(22-13-10-9-11-14-22)17-30-25-23(26)15-12-16-24(25)27(28-7)29-8/h9-16,19-21H,17-18H2,1-8H3. The van der Waals surface area contributed by atoms with Crippen LogP contribution in [-0.2, 0) is 19.1 Å². The van der Waals surface area contributed by atoms with Gasteiger partial charge in [-0.15, -0.1) is 0 Å². The second kappa shape index (κ2) is 10.1. The van der Waals surface area contributed by atoms with Crippen molar-refractivity contribution in [3.05, 3.63) is 59.7 Å². The zero-order valence-electron chi connectivity index (χ0n) is 21.0. The Balaban J connectivity index is 2.12. The Labute approximate surface area is 195 Å². The van der Waals surface area contributed by atoms with E-state index in [1.54, 1.807) is 14.2 Å². The van der Waals surface area contributed by atoms with E-state index in [1.165, 1.54) is 5.56 Å². The number of rotatable bonds is 10. The molecule has 3 rings (SSSR count). The minimum atomic E-state index is -2.05. The Morgan fingerprint density at radius 2 is 1.47 bits per heavy atom. The summed E-state index contributed by atoms with van der Waals surface area (Å²) >= 11 is 0. The molecule has 174 valence electrons. The van der Waals surface area contributed by atoms with E-state index in [2.05, 4.69) is 84.0 Å². The molecule has 2 aromatic rings. The van der Waals surface area contributed by atoms with Gasteiger partial charge >= 0.3 is 7.12 Å². The highest BCUT2D eigenvalue weighted by Gasteiger charge is 2.50. The van der Waals surface area contributed by atoms with Crippen molar-refractivity contribution in [3.8, 4) is 5.75 Å². The summed E-state index contributed by atoms with van der Waals surface area (Å²) in [4.78, 5) is 0. The van der Waals surface area contributed by atoms with Gasteiger partial charge in [0.05, 0.1) is 12.0 Å². The van der Waals surface area contributed by atoms with E-state index in [9.17, 15) is 0 Å². The van der Waals surface area contributed by atoms with Gasteiger partial charge in [-0.2, -0.15) is 0 Å². The Kier molecular flexibility index (Phi) is 7.92. The number of hydrogen-bond acceptors (Lipinski definition) is 4. The molecule has 0 saturated carbocycles. The molecule has 1 unspecified atom stereocenters. The molecule has 0 aliphatic carbocycles. The summed E-state index contributed by atoms with van der Waals surface area (Å²) in [5, 5.41) is 0. The smallest absolute Gasteiger partial charge is 0.492 e. The lowest BCUT2D eigenvalue weighted by Gasteiger charge is -2.44. The molecule has 0 N–H and O–H groups in total. The topological polar surface area (TPSA) is 36.9 Å². The van der Waals surface area contributed by atoms with E-state index < -0.39 is 15.4 Å². The van der Waals surface area contributed by atoms with Gasteiger partial charge in [0.25, 0.3) is 0 Å². The van der Waals surface area contributed by atoms with Gasteiger partial charge in [0, 0.05) is 25.2 Å². The monoisotopic (exact) mass is 454 g/mol. The van der Waals surface area contributed by atoms with Crippen LogP contribution < -0.4 is 10.2 Å². The molecule has 32 heavy (non-hydrogen) atoms. The van der Waals surface area contributed by atoms with Crippen LogP contribution in [0, 0.1) is 0 Å². The van der Waals surface area contributed by atoms with Crippen LogP contribution in [0.3, 0.4) is 0 Å². The molecule has 0 bridgehead atoms. The Bertz CT molecular complexity index is 861. The van der Waals surface area contributed by atoms with Crippen LogP contribution in [0.15, 0.2) is 48.5 Å². The molecular weight excluding hydrogens is 415 g/mol. The van der Waals surface area contributed by atoms with E-state index >= 15 is 0 Å². The van der Waals surface area contributed by atoms with Crippen molar-refractivity contribution in [3.63, 3.8) is 0 Å². The van der Waals surface area contributed by atoms with Gasteiger partial charge in [0.1, 0.15) is 12.4 Å². The summed E-state index contributed by atoms with van der Waals surface area (Å²) in [5.41, 5.74) is 4.50. The van der Waals surface area contributed by atoms with E-state index in [0.29, 0.717) is 29.8 Å². The Morgan fingerprint density at radius 3 is 2.00 bits per heavy atom. The zero-order chi connectivity index (χ0) is 23.5. The van der Waals surface area contributed by atoms with E-state index in [1.807, 2.05) is 6.07 Å². The lowest BCUT2D eigenvalue weighted by atomic mass is 9.72. The number of para-hydroxylation sites is 1. The van der Waals surface area contributed by atoms with Crippen LogP contribution in [0.5, 0.6) is 5.75 Å². The first-order valence-corrected chi connectivity index (χ1v) is 13.9. The van der Waals surface area contributed by atoms with Crippen molar-refractivity contribution in [1.82, 2.24) is 0 Å². The third-order valence-corrected chi connectivity index (χ3v) is 13.4. The second-order valence-corrected chi connectivity index (χ2v) is 15.3. The van der Waals surface area contributed by atoms with Crippen LogP contribution in [-0.4, -0.2) is 42.9 Å². The molecule has 0 amide bonds. The van der Waals surface area contributed by atoms with Crippen molar-refractivity contribution in [2.45, 2.75) is 63.6 Å². The first-order valence-electron chi connectivity index (χ1n) is 11.8. The first-order chi connectivity index (χ1) is 15.2. The summed E-state index contributed by atoms with van der Waals surface area (Å²) in [6.07, 6.45) is 0. The van der Waals surface area contributed by atoms with Gasteiger partial charge < -0.3 is 18.5 Å². The van der Waals surface area contributed by atoms with E-state index in [4.69, 9.17) is 18.5 Å². The molecule has 0 aromatic heterocycles. The molecule has 4 nitrogen and oxygen atoms in total. The molecular formula is C26H39BO4Si. The Morgan fingerprint density at radius 1 is 0.875 bits per heavy atom. The number of benzene rings is 2. The first kappa shape index (κ1) is 25.0. The highest BCUT2D eigenvalue weighted by Crippen LogP contribution is 2.47. The lowest BCUT2D eigenvalue weighted by molar-refractivity contribution is 0.183. The second-order valence-electron chi connectivity index (χ2n) is 9.87. The van der Waals surface area contributed by atoms with Crippen LogP contribution in [0.1, 0.15) is 52.7 Å². The average molecular weight is 454 g/mol. The van der Waals surface area contributed by atoms with Crippen LogP contribution in [0.4, 0.5) is 0 Å². The van der Waals surface area contributed by atoms with E-state index in [-0.39, 0.29) is 5.41 Å². The number of ether oxygens (including phenoxy) is 1. The predicted molar refractivity (Wildman–Crippen MR) is 136 cm³/mol. The number of fused-ring (bicyclic) bond motifs is 1. The normalized spacial score (nSPS) is 18.3. The summed E-state index contributed by atoms with van der Waals surface area (Å²) in [7, 11) is 0.798. The van der Waals surface area contributed by atoms with Crippen molar-refractivity contribution in [2.24, 2.45) is 0 Å². The van der Waals surface area contributed by atoms with Crippen molar-refractivity contribution >= 4 is 20.9 Å². The highest BCUT2D eigenvalue weighted by atomic mass is 28.4. The molecule has 0 saturated heterocycles.